The number of fused-ring (bicyclic) bond motifs is 2. The minimum Gasteiger partial charge on any atom is -0.366 e. The maximum atomic E-state index is 3.15. The van der Waals surface area contributed by atoms with E-state index >= 15 is 0 Å². The monoisotopic (exact) mass is 181 g/mol. The first kappa shape index (κ1) is 7.63. The summed E-state index contributed by atoms with van der Waals surface area (Å²) in [6.07, 6.45) is 4.12. The smallest absolute Gasteiger partial charge is 0.00872 e. The molecule has 0 amide bonds. The molecule has 0 bridgehead atoms. The second kappa shape index (κ2) is 2.61. The molecule has 0 fully saturated rings. The number of nitrogens with one attached hydrogen (secondary N) is 1. The van der Waals surface area contributed by atoms with Gasteiger partial charge in [-0.15, -0.1) is 0 Å². The Kier molecular flexibility index (Phi) is 1.42. The van der Waals surface area contributed by atoms with Crippen LogP contribution in [0, 0.1) is 6.92 Å². The van der Waals surface area contributed by atoms with Crippen molar-refractivity contribution in [1.82, 2.24) is 4.98 Å². The van der Waals surface area contributed by atoms with Crippen molar-refractivity contribution < 1.29 is 0 Å². The second-order valence-corrected chi connectivity index (χ2v) is 3.68. The number of benzene rings is 2. The minimum atomic E-state index is 1.29. The molecule has 1 nitrogen and oxygen atoms in total. The second-order valence-electron chi connectivity index (χ2n) is 3.68. The van der Waals surface area contributed by atoms with Crippen LogP contribution in [0.4, 0.5) is 0 Å². The maximum absolute atomic E-state index is 3.15. The summed E-state index contributed by atoms with van der Waals surface area (Å²) >= 11 is 0. The number of aromatic amines is 1. The molecular weight excluding hydrogens is 170 g/mol. The average Bonchev–Trinajstić information content (AvgIpc) is 2.66. The van der Waals surface area contributed by atoms with Gasteiger partial charge in [0.25, 0.3) is 0 Å². The topological polar surface area (TPSA) is 15.8 Å². The van der Waals surface area contributed by atoms with E-state index in [0.717, 1.165) is 0 Å². The highest BCUT2D eigenvalue weighted by atomic mass is 14.6. The van der Waals surface area contributed by atoms with Gasteiger partial charge in [0.05, 0.1) is 0 Å². The Morgan fingerprint density at radius 3 is 2.71 bits per heavy atom. The number of hydrogen-bond donors (Lipinski definition) is 1. The third-order valence-electron chi connectivity index (χ3n) is 2.86. The van der Waals surface area contributed by atoms with Crippen molar-refractivity contribution in [1.29, 1.82) is 0 Å². The van der Waals surface area contributed by atoms with E-state index in [1.165, 1.54) is 27.1 Å². The summed E-state index contributed by atoms with van der Waals surface area (Å²) in [6.45, 7) is 2.18. The number of H-pyrrole nitrogens is 1. The van der Waals surface area contributed by atoms with Crippen LogP contribution >= 0.6 is 0 Å². The molecule has 0 aliphatic rings. The molecule has 0 aliphatic carbocycles. The molecule has 0 spiro atoms. The van der Waals surface area contributed by atoms with Gasteiger partial charge in [-0.05, 0) is 29.3 Å². The van der Waals surface area contributed by atoms with Crippen LogP contribution in [0.5, 0.6) is 0 Å². The third-order valence-corrected chi connectivity index (χ3v) is 2.86. The van der Waals surface area contributed by atoms with Crippen molar-refractivity contribution in [3.05, 3.63) is 48.3 Å². The first-order valence-corrected chi connectivity index (χ1v) is 4.81. The highest BCUT2D eigenvalue weighted by Crippen LogP contribution is 2.27. The third kappa shape index (κ3) is 0.896. The van der Waals surface area contributed by atoms with Gasteiger partial charge >= 0.3 is 0 Å². The van der Waals surface area contributed by atoms with Gasteiger partial charge in [0.2, 0.25) is 0 Å². The van der Waals surface area contributed by atoms with Crippen molar-refractivity contribution >= 4 is 21.5 Å². The highest BCUT2D eigenvalue weighted by Gasteiger charge is 2.02. The van der Waals surface area contributed by atoms with Crippen LogP contribution in [0.1, 0.15) is 5.56 Å². The minimum absolute atomic E-state index is 1.29. The average molecular weight is 181 g/mol. The van der Waals surface area contributed by atoms with Crippen LogP contribution in [0.15, 0.2) is 42.7 Å². The summed E-state index contributed by atoms with van der Waals surface area (Å²) < 4.78 is 0. The molecule has 14 heavy (non-hydrogen) atoms. The molecule has 1 heterocycles. The van der Waals surface area contributed by atoms with E-state index in [9.17, 15) is 0 Å². The van der Waals surface area contributed by atoms with E-state index in [2.05, 4.69) is 54.6 Å². The molecule has 0 saturated carbocycles. The Balaban J connectivity index is 2.63. The largest absolute Gasteiger partial charge is 0.366 e. The van der Waals surface area contributed by atoms with E-state index in [1.807, 2.05) is 0 Å². The molecule has 2 aromatic carbocycles. The van der Waals surface area contributed by atoms with E-state index in [1.54, 1.807) is 0 Å². The van der Waals surface area contributed by atoms with Crippen LogP contribution in [0.3, 0.4) is 0 Å². The lowest BCUT2D eigenvalue weighted by Gasteiger charge is -2.03. The van der Waals surface area contributed by atoms with Crippen molar-refractivity contribution in [3.8, 4) is 0 Å². The van der Waals surface area contributed by atoms with E-state index < -0.39 is 0 Å². The normalized spacial score (nSPS) is 11.2. The van der Waals surface area contributed by atoms with Gasteiger partial charge in [-0.1, -0.05) is 24.3 Å². The van der Waals surface area contributed by atoms with Gasteiger partial charge in [0.15, 0.2) is 0 Å². The molecule has 0 aliphatic heterocycles. The zero-order chi connectivity index (χ0) is 9.54. The van der Waals surface area contributed by atoms with Crippen LogP contribution in [0.2, 0.25) is 0 Å². The van der Waals surface area contributed by atoms with Gasteiger partial charge in [0, 0.05) is 23.2 Å². The lowest BCUT2D eigenvalue weighted by atomic mass is 10.0. The molecule has 1 aromatic heterocycles. The Labute approximate surface area is 82.4 Å². The highest BCUT2D eigenvalue weighted by molar-refractivity contribution is 6.01. The molecule has 3 rings (SSSR count). The van der Waals surface area contributed by atoms with Crippen molar-refractivity contribution in [2.24, 2.45) is 0 Å². The number of aryl methyl sites for hydroxylation is 1. The number of rotatable bonds is 0. The van der Waals surface area contributed by atoms with Crippen molar-refractivity contribution in [2.45, 2.75) is 6.92 Å². The molecule has 68 valence electrons. The Morgan fingerprint density at radius 1 is 0.929 bits per heavy atom. The predicted molar refractivity (Wildman–Crippen MR) is 60.5 cm³/mol. The molecule has 1 N–H and O–H groups in total. The van der Waals surface area contributed by atoms with Crippen LogP contribution in [0.25, 0.3) is 21.5 Å². The van der Waals surface area contributed by atoms with E-state index in [4.69, 9.17) is 0 Å². The van der Waals surface area contributed by atoms with Crippen LogP contribution in [-0.4, -0.2) is 4.98 Å². The molecule has 1 heteroatoms. The summed E-state index contributed by atoms with van der Waals surface area (Å²) in [5.74, 6) is 0. The van der Waals surface area contributed by atoms with Gasteiger partial charge in [-0.3, -0.25) is 0 Å². The van der Waals surface area contributed by atoms with Gasteiger partial charge in [-0.25, -0.2) is 0 Å². The maximum Gasteiger partial charge on any atom is 0.00872 e. The summed E-state index contributed by atoms with van der Waals surface area (Å²) in [5.41, 5.74) is 1.36. The fourth-order valence-electron chi connectivity index (χ4n) is 2.10. The quantitative estimate of drug-likeness (QED) is 0.545. The van der Waals surface area contributed by atoms with Gasteiger partial charge < -0.3 is 4.98 Å². The summed E-state index contributed by atoms with van der Waals surface area (Å²) in [6, 6.07) is 10.7. The molecular formula is C13H11N. The lowest BCUT2D eigenvalue weighted by molar-refractivity contribution is 1.42. The van der Waals surface area contributed by atoms with Gasteiger partial charge in [-0.2, -0.15) is 0 Å². The predicted octanol–water partition coefficient (Wildman–Crippen LogP) is 3.63. The fraction of sp³-hybridized carbons (Fsp3) is 0.0769. The SMILES string of the molecule is Cc1c2ccccc2cc2c[nH]cc12. The number of hydrogen-bond acceptors (Lipinski definition) is 0. The zero-order valence-corrected chi connectivity index (χ0v) is 8.04. The standard InChI is InChI=1S/C13H11N/c1-9-12-5-3-2-4-10(12)6-11-7-14-8-13(9)11/h2-8,14H,1H3. The van der Waals surface area contributed by atoms with Crippen LogP contribution < -0.4 is 0 Å². The summed E-state index contributed by atoms with van der Waals surface area (Å²) in [4.78, 5) is 3.15. The van der Waals surface area contributed by atoms with Crippen molar-refractivity contribution in [3.63, 3.8) is 0 Å². The summed E-state index contributed by atoms with van der Waals surface area (Å²) in [5, 5.41) is 5.28. The summed E-state index contributed by atoms with van der Waals surface area (Å²) in [7, 11) is 0. The molecule has 0 atom stereocenters. The lowest BCUT2D eigenvalue weighted by Crippen LogP contribution is -1.78. The molecule has 0 saturated heterocycles. The fourth-order valence-corrected chi connectivity index (χ4v) is 2.10. The zero-order valence-electron chi connectivity index (χ0n) is 8.04. The Hall–Kier alpha value is -1.76. The number of aromatic nitrogens is 1. The molecule has 0 unspecified atom stereocenters. The Morgan fingerprint density at radius 2 is 1.79 bits per heavy atom. The molecule has 3 aromatic rings. The molecule has 0 radical (unpaired) electrons. The Bertz CT molecular complexity index is 605. The van der Waals surface area contributed by atoms with E-state index in [0.29, 0.717) is 0 Å². The van der Waals surface area contributed by atoms with Gasteiger partial charge in [0.1, 0.15) is 0 Å². The van der Waals surface area contributed by atoms with Crippen LogP contribution in [-0.2, 0) is 0 Å². The first-order valence-electron chi connectivity index (χ1n) is 4.81. The first-order chi connectivity index (χ1) is 6.86. The van der Waals surface area contributed by atoms with Crippen molar-refractivity contribution in [2.75, 3.05) is 0 Å². The van der Waals surface area contributed by atoms with E-state index in [-0.39, 0.29) is 0 Å².